The van der Waals surface area contributed by atoms with Crippen molar-refractivity contribution in [3.63, 3.8) is 0 Å². The molecule has 1 aromatic heterocycles. The summed E-state index contributed by atoms with van der Waals surface area (Å²) in [7, 11) is 1.39. The van der Waals surface area contributed by atoms with Gasteiger partial charge >= 0.3 is 0 Å². The second-order valence-corrected chi connectivity index (χ2v) is 3.69. The maximum atomic E-state index is 13.2. The number of hydrogen-bond acceptors (Lipinski definition) is 5. The van der Waals surface area contributed by atoms with Crippen molar-refractivity contribution in [3.05, 3.63) is 29.9 Å². The van der Waals surface area contributed by atoms with Crippen LogP contribution in [-0.2, 0) is 6.42 Å². The number of halogens is 1. The van der Waals surface area contributed by atoms with Gasteiger partial charge in [-0.25, -0.2) is 4.39 Å². The van der Waals surface area contributed by atoms with Crippen LogP contribution in [0.5, 0.6) is 5.75 Å². The summed E-state index contributed by atoms with van der Waals surface area (Å²) in [5, 5.41) is 12.5. The van der Waals surface area contributed by atoms with Gasteiger partial charge in [0, 0.05) is 18.6 Å². The van der Waals surface area contributed by atoms with E-state index >= 15 is 0 Å². The Bertz CT molecular complexity index is 528. The highest BCUT2D eigenvalue weighted by atomic mass is 19.1. The van der Waals surface area contributed by atoms with E-state index in [0.29, 0.717) is 30.1 Å². The molecule has 96 valence electrons. The lowest BCUT2D eigenvalue weighted by Crippen LogP contribution is -1.91. The van der Waals surface area contributed by atoms with Crippen molar-refractivity contribution in [1.29, 1.82) is 0 Å². The third kappa shape index (κ3) is 2.65. The summed E-state index contributed by atoms with van der Waals surface area (Å²) in [6.07, 6.45) is 1.08. The van der Waals surface area contributed by atoms with Crippen LogP contribution >= 0.6 is 0 Å². The molecular weight excluding hydrogens is 239 g/mol. The summed E-state index contributed by atoms with van der Waals surface area (Å²) in [5.74, 6) is 0.517. The quantitative estimate of drug-likeness (QED) is 0.878. The lowest BCUT2D eigenvalue weighted by Gasteiger charge is -2.02. The second-order valence-electron chi connectivity index (χ2n) is 3.69. The van der Waals surface area contributed by atoms with E-state index in [9.17, 15) is 4.39 Å². The van der Waals surface area contributed by atoms with Gasteiger partial charge in [-0.1, -0.05) is 5.16 Å². The molecule has 2 aromatic rings. The molecule has 0 saturated carbocycles. The molecule has 0 radical (unpaired) electrons. The van der Waals surface area contributed by atoms with E-state index in [1.54, 1.807) is 6.07 Å². The Morgan fingerprint density at radius 1 is 1.44 bits per heavy atom. The number of rotatable bonds is 5. The molecule has 18 heavy (non-hydrogen) atoms. The zero-order chi connectivity index (χ0) is 13.0. The first-order valence-corrected chi connectivity index (χ1v) is 5.52. The van der Waals surface area contributed by atoms with Crippen LogP contribution in [0.1, 0.15) is 12.3 Å². The zero-order valence-corrected chi connectivity index (χ0v) is 9.89. The smallest absolute Gasteiger partial charge is 0.227 e. The first-order valence-electron chi connectivity index (χ1n) is 5.52. The Hall–Kier alpha value is -1.95. The average Bonchev–Trinajstić information content (AvgIpc) is 2.85. The molecule has 1 N–H and O–H groups in total. The first kappa shape index (κ1) is 12.5. The lowest BCUT2D eigenvalue weighted by molar-refractivity contribution is 0.278. The number of hydrogen-bond donors (Lipinski definition) is 1. The van der Waals surface area contributed by atoms with E-state index in [1.807, 2.05) is 0 Å². The molecule has 6 heteroatoms. The predicted octanol–water partition coefficient (Wildman–Crippen LogP) is 1.81. The lowest BCUT2D eigenvalue weighted by atomic mass is 10.2. The van der Waals surface area contributed by atoms with Gasteiger partial charge < -0.3 is 14.4 Å². The molecule has 0 amide bonds. The third-order valence-electron chi connectivity index (χ3n) is 2.43. The monoisotopic (exact) mass is 252 g/mol. The molecular formula is C12H13FN2O3. The maximum Gasteiger partial charge on any atom is 0.227 e. The number of benzene rings is 1. The van der Waals surface area contributed by atoms with Crippen LogP contribution in [0.3, 0.4) is 0 Å². The fraction of sp³-hybridized carbons (Fsp3) is 0.333. The molecule has 1 heterocycles. The van der Waals surface area contributed by atoms with Crippen LogP contribution < -0.4 is 4.74 Å². The van der Waals surface area contributed by atoms with Crippen LogP contribution in [0.25, 0.3) is 11.4 Å². The van der Waals surface area contributed by atoms with Crippen molar-refractivity contribution >= 4 is 0 Å². The Morgan fingerprint density at radius 3 is 3.00 bits per heavy atom. The number of ether oxygens (including phenoxy) is 1. The Morgan fingerprint density at radius 2 is 2.28 bits per heavy atom. The molecule has 0 spiro atoms. The summed E-state index contributed by atoms with van der Waals surface area (Å²) in [4.78, 5) is 4.16. The van der Waals surface area contributed by atoms with Gasteiger partial charge in [0.05, 0.1) is 7.11 Å². The van der Waals surface area contributed by atoms with Crippen molar-refractivity contribution in [2.45, 2.75) is 12.8 Å². The van der Waals surface area contributed by atoms with Crippen molar-refractivity contribution < 1.29 is 18.8 Å². The molecule has 0 aliphatic rings. The number of nitrogens with zero attached hydrogens (tertiary/aromatic N) is 2. The zero-order valence-electron chi connectivity index (χ0n) is 9.89. The molecule has 0 unspecified atom stereocenters. The number of aromatic nitrogens is 2. The van der Waals surface area contributed by atoms with E-state index in [1.165, 1.54) is 19.2 Å². The van der Waals surface area contributed by atoms with E-state index in [2.05, 4.69) is 10.1 Å². The molecule has 2 rings (SSSR count). The Balaban J connectivity index is 2.23. The minimum Gasteiger partial charge on any atom is -0.494 e. The van der Waals surface area contributed by atoms with Crippen molar-refractivity contribution in [1.82, 2.24) is 10.1 Å². The number of aliphatic hydroxyl groups is 1. The summed E-state index contributed by atoms with van der Waals surface area (Å²) in [5.41, 5.74) is 0.618. The highest BCUT2D eigenvalue weighted by molar-refractivity contribution is 5.57. The van der Waals surface area contributed by atoms with Gasteiger partial charge in [0.15, 0.2) is 11.6 Å². The molecule has 0 atom stereocenters. The highest BCUT2D eigenvalue weighted by Gasteiger charge is 2.11. The van der Waals surface area contributed by atoms with Crippen LogP contribution in [0.15, 0.2) is 22.7 Å². The van der Waals surface area contributed by atoms with Gasteiger partial charge in [-0.05, 0) is 24.6 Å². The van der Waals surface area contributed by atoms with Crippen LogP contribution in [-0.4, -0.2) is 29.0 Å². The number of methoxy groups -OCH3 is 1. The van der Waals surface area contributed by atoms with Crippen LogP contribution in [0.2, 0.25) is 0 Å². The predicted molar refractivity (Wildman–Crippen MR) is 61.7 cm³/mol. The fourth-order valence-corrected chi connectivity index (χ4v) is 1.50. The van der Waals surface area contributed by atoms with E-state index in [0.717, 1.165) is 0 Å². The van der Waals surface area contributed by atoms with Crippen molar-refractivity contribution in [2.75, 3.05) is 13.7 Å². The Kier molecular flexibility index (Phi) is 3.88. The van der Waals surface area contributed by atoms with Gasteiger partial charge in [-0.3, -0.25) is 0 Å². The summed E-state index contributed by atoms with van der Waals surface area (Å²) < 4.78 is 23.1. The number of aliphatic hydroxyl groups excluding tert-OH is 1. The van der Waals surface area contributed by atoms with E-state index in [4.69, 9.17) is 14.4 Å². The van der Waals surface area contributed by atoms with E-state index in [-0.39, 0.29) is 12.4 Å². The molecule has 5 nitrogen and oxygen atoms in total. The number of aryl methyl sites for hydroxylation is 1. The molecule has 0 aliphatic heterocycles. The van der Waals surface area contributed by atoms with Crippen LogP contribution in [0, 0.1) is 5.82 Å². The summed E-state index contributed by atoms with van der Waals surface area (Å²) in [6.45, 7) is 0.0715. The highest BCUT2D eigenvalue weighted by Crippen LogP contribution is 2.24. The van der Waals surface area contributed by atoms with E-state index < -0.39 is 5.82 Å². The summed E-state index contributed by atoms with van der Waals surface area (Å²) >= 11 is 0. The Labute approximate surface area is 103 Å². The van der Waals surface area contributed by atoms with Crippen molar-refractivity contribution in [3.8, 4) is 17.1 Å². The first-order chi connectivity index (χ1) is 8.74. The second kappa shape index (κ2) is 5.59. The van der Waals surface area contributed by atoms with Gasteiger partial charge in [-0.2, -0.15) is 4.98 Å². The topological polar surface area (TPSA) is 68.4 Å². The molecule has 0 saturated heterocycles. The maximum absolute atomic E-state index is 13.2. The molecule has 1 aromatic carbocycles. The minimum atomic E-state index is -0.440. The molecule has 0 fully saturated rings. The molecule has 0 aliphatic carbocycles. The van der Waals surface area contributed by atoms with Gasteiger partial charge in [-0.15, -0.1) is 0 Å². The molecule has 0 bridgehead atoms. The van der Waals surface area contributed by atoms with Gasteiger partial charge in [0.2, 0.25) is 11.7 Å². The van der Waals surface area contributed by atoms with Gasteiger partial charge in [0.1, 0.15) is 0 Å². The van der Waals surface area contributed by atoms with Crippen LogP contribution in [0.4, 0.5) is 4.39 Å². The largest absolute Gasteiger partial charge is 0.494 e. The SMILES string of the molecule is COc1cc(-c2noc(CCCO)n2)ccc1F. The standard InChI is InChI=1S/C12H13FN2O3/c1-17-10-7-8(4-5-9(10)13)12-14-11(18-15-12)3-2-6-16/h4-5,7,16H,2-3,6H2,1H3. The fourth-order valence-electron chi connectivity index (χ4n) is 1.50. The summed E-state index contributed by atoms with van der Waals surface area (Å²) in [6, 6.07) is 4.35. The van der Waals surface area contributed by atoms with Gasteiger partial charge in [0.25, 0.3) is 0 Å². The minimum absolute atomic E-state index is 0.0715. The normalized spacial score (nSPS) is 10.6. The average molecular weight is 252 g/mol. The third-order valence-corrected chi connectivity index (χ3v) is 2.43. The van der Waals surface area contributed by atoms with Crippen molar-refractivity contribution in [2.24, 2.45) is 0 Å².